The number of aryl methyl sites for hydroxylation is 1. The van der Waals surface area contributed by atoms with Crippen molar-refractivity contribution in [3.8, 4) is 11.8 Å². The molecule has 4 N–H and O–H groups in total. The number of aromatic nitrogens is 3. The zero-order chi connectivity index (χ0) is 22.2. The Morgan fingerprint density at radius 1 is 1.09 bits per heavy atom. The molecule has 3 aromatic rings. The number of likely N-dealkylation sites (N-methyl/N-ethyl adjacent to an activating group) is 1. The Hall–Kier alpha value is -3.44. The second-order valence-electron chi connectivity index (χ2n) is 8.14. The fourth-order valence-electron chi connectivity index (χ4n) is 3.85. The standard InChI is InChI=1S/C21H26FN9O/c1-12-8-14-9-15(10-16(22)19(14)23-12)32-21-26-17(25-20-24-13(2)28-29-20)11-18(27-21)31-6-4-30(3)5-7-31/h8-11,20,23,29H,4-7H2,1-3H3,(H,24,28)(H,25,26,27). The predicted molar refractivity (Wildman–Crippen MR) is 122 cm³/mol. The second-order valence-corrected chi connectivity index (χ2v) is 8.14. The van der Waals surface area contributed by atoms with Gasteiger partial charge in [-0.1, -0.05) is 0 Å². The van der Waals surface area contributed by atoms with Crippen LogP contribution in [0, 0.1) is 12.7 Å². The van der Waals surface area contributed by atoms with Crippen LogP contribution in [0.3, 0.4) is 0 Å². The van der Waals surface area contributed by atoms with Crippen LogP contribution in [0.2, 0.25) is 0 Å². The molecular formula is C21H26FN9O. The highest BCUT2D eigenvalue weighted by molar-refractivity contribution is 5.82. The average molecular weight is 439 g/mol. The number of piperazine rings is 1. The Bertz CT molecular complexity index is 1170. The molecule has 2 aromatic heterocycles. The zero-order valence-corrected chi connectivity index (χ0v) is 18.2. The highest BCUT2D eigenvalue weighted by atomic mass is 19.1. The predicted octanol–water partition coefficient (Wildman–Crippen LogP) is 2.17. The lowest BCUT2D eigenvalue weighted by Gasteiger charge is -2.33. The first-order valence-electron chi connectivity index (χ1n) is 10.5. The number of aromatic amines is 1. The molecule has 0 bridgehead atoms. The number of nitrogens with zero attached hydrogens (tertiary/aromatic N) is 5. The van der Waals surface area contributed by atoms with Crippen LogP contribution in [0.25, 0.3) is 10.9 Å². The quantitative estimate of drug-likeness (QED) is 0.479. The molecule has 1 saturated heterocycles. The van der Waals surface area contributed by atoms with E-state index in [1.165, 1.54) is 6.07 Å². The van der Waals surface area contributed by atoms with Gasteiger partial charge in [-0.3, -0.25) is 0 Å². The Balaban J connectivity index is 1.46. The van der Waals surface area contributed by atoms with Gasteiger partial charge in [-0.25, -0.2) is 9.38 Å². The van der Waals surface area contributed by atoms with Crippen LogP contribution >= 0.6 is 0 Å². The molecule has 1 fully saturated rings. The van der Waals surface area contributed by atoms with Gasteiger partial charge in [-0.15, -0.1) is 0 Å². The zero-order valence-electron chi connectivity index (χ0n) is 18.2. The molecular weight excluding hydrogens is 413 g/mol. The summed E-state index contributed by atoms with van der Waals surface area (Å²) >= 11 is 0. The molecule has 1 atom stereocenters. The van der Waals surface area contributed by atoms with Crippen molar-refractivity contribution in [2.24, 2.45) is 4.99 Å². The van der Waals surface area contributed by atoms with Crippen molar-refractivity contribution in [3.05, 3.63) is 35.8 Å². The molecule has 2 aliphatic heterocycles. The highest BCUT2D eigenvalue weighted by Gasteiger charge is 2.20. The average Bonchev–Trinajstić information content (AvgIpc) is 3.33. The third kappa shape index (κ3) is 4.30. The van der Waals surface area contributed by atoms with Crippen molar-refractivity contribution >= 4 is 28.4 Å². The van der Waals surface area contributed by atoms with Gasteiger partial charge in [0.25, 0.3) is 0 Å². The van der Waals surface area contributed by atoms with Gasteiger partial charge in [0.15, 0.2) is 12.1 Å². The fraction of sp³-hybridized carbons (Fsp3) is 0.381. The summed E-state index contributed by atoms with van der Waals surface area (Å²) in [4.78, 5) is 21.0. The topological polar surface area (TPSA) is 106 Å². The first kappa shape index (κ1) is 20.5. The van der Waals surface area contributed by atoms with E-state index in [1.807, 2.05) is 26.0 Å². The minimum absolute atomic E-state index is 0.140. The first-order valence-corrected chi connectivity index (χ1v) is 10.5. The number of ether oxygens (including phenoxy) is 1. The summed E-state index contributed by atoms with van der Waals surface area (Å²) in [6, 6.07) is 7.01. The summed E-state index contributed by atoms with van der Waals surface area (Å²) in [6.45, 7) is 7.32. The number of halogens is 1. The van der Waals surface area contributed by atoms with E-state index in [0.717, 1.165) is 48.9 Å². The molecule has 168 valence electrons. The number of rotatable bonds is 5. The molecule has 10 nitrogen and oxygen atoms in total. The molecule has 1 aromatic carbocycles. The van der Waals surface area contributed by atoms with Crippen LogP contribution in [0.5, 0.6) is 11.8 Å². The van der Waals surface area contributed by atoms with E-state index in [-0.39, 0.29) is 18.1 Å². The molecule has 0 spiro atoms. The van der Waals surface area contributed by atoms with Crippen LogP contribution in [0.15, 0.2) is 29.3 Å². The van der Waals surface area contributed by atoms with Crippen LogP contribution < -0.4 is 25.8 Å². The second kappa shape index (κ2) is 8.24. The van der Waals surface area contributed by atoms with Crippen molar-refractivity contribution in [1.82, 2.24) is 30.7 Å². The van der Waals surface area contributed by atoms with Crippen molar-refractivity contribution in [2.75, 3.05) is 43.4 Å². The number of benzene rings is 1. The Morgan fingerprint density at radius 2 is 1.91 bits per heavy atom. The smallest absolute Gasteiger partial charge is 0.325 e. The van der Waals surface area contributed by atoms with Crippen LogP contribution in [-0.4, -0.2) is 65.2 Å². The monoisotopic (exact) mass is 439 g/mol. The molecule has 4 heterocycles. The maximum Gasteiger partial charge on any atom is 0.325 e. The van der Waals surface area contributed by atoms with Crippen LogP contribution in [0.1, 0.15) is 12.6 Å². The molecule has 1 unspecified atom stereocenters. The maximum absolute atomic E-state index is 14.5. The summed E-state index contributed by atoms with van der Waals surface area (Å²) in [7, 11) is 2.10. The van der Waals surface area contributed by atoms with Gasteiger partial charge in [0.1, 0.15) is 23.2 Å². The minimum atomic E-state index is -0.384. The lowest BCUT2D eigenvalue weighted by atomic mass is 10.2. The summed E-state index contributed by atoms with van der Waals surface area (Å²) in [5, 5.41) is 3.96. The van der Waals surface area contributed by atoms with E-state index in [0.29, 0.717) is 17.1 Å². The lowest BCUT2D eigenvalue weighted by Crippen LogP contribution is -2.45. The highest BCUT2D eigenvalue weighted by Crippen LogP contribution is 2.29. The molecule has 0 amide bonds. The molecule has 0 saturated carbocycles. The van der Waals surface area contributed by atoms with E-state index in [1.54, 1.807) is 6.07 Å². The number of nitrogens with one attached hydrogen (secondary N) is 4. The molecule has 0 aliphatic carbocycles. The third-order valence-electron chi connectivity index (χ3n) is 5.51. The van der Waals surface area contributed by atoms with E-state index in [4.69, 9.17) is 4.74 Å². The number of fused-ring (bicyclic) bond motifs is 1. The summed E-state index contributed by atoms with van der Waals surface area (Å²) in [6.07, 6.45) is -0.366. The number of hydrazine groups is 1. The van der Waals surface area contributed by atoms with Gasteiger partial charge in [-0.05, 0) is 33.0 Å². The Morgan fingerprint density at radius 3 is 2.66 bits per heavy atom. The number of hydrogen-bond donors (Lipinski definition) is 4. The van der Waals surface area contributed by atoms with E-state index < -0.39 is 0 Å². The molecule has 32 heavy (non-hydrogen) atoms. The van der Waals surface area contributed by atoms with Gasteiger partial charge in [0, 0.05) is 49.4 Å². The van der Waals surface area contributed by atoms with Gasteiger partial charge in [0.05, 0.1) is 5.52 Å². The van der Waals surface area contributed by atoms with Crippen molar-refractivity contribution in [3.63, 3.8) is 0 Å². The molecule has 5 rings (SSSR count). The van der Waals surface area contributed by atoms with Gasteiger partial charge in [0.2, 0.25) is 0 Å². The number of aliphatic imine (C=N–C) groups is 1. The third-order valence-corrected chi connectivity index (χ3v) is 5.51. The largest absolute Gasteiger partial charge is 0.424 e. The van der Waals surface area contributed by atoms with E-state index in [9.17, 15) is 4.39 Å². The number of amidine groups is 1. The summed E-state index contributed by atoms with van der Waals surface area (Å²) in [5.41, 5.74) is 7.31. The SMILES string of the molecule is CC1=NC(Nc2cc(N3CCN(C)CC3)nc(Oc3cc(F)c4[nH]c(C)cc4c3)n2)NN1. The van der Waals surface area contributed by atoms with Crippen LogP contribution in [0.4, 0.5) is 16.0 Å². The van der Waals surface area contributed by atoms with Gasteiger partial charge >= 0.3 is 6.01 Å². The van der Waals surface area contributed by atoms with Crippen molar-refractivity contribution in [2.45, 2.75) is 20.1 Å². The van der Waals surface area contributed by atoms with Gasteiger partial charge < -0.3 is 30.3 Å². The van der Waals surface area contributed by atoms with Gasteiger partial charge in [-0.2, -0.15) is 15.4 Å². The Labute approximate surface area is 184 Å². The number of H-pyrrole nitrogens is 1. The van der Waals surface area contributed by atoms with Crippen LogP contribution in [-0.2, 0) is 0 Å². The first-order chi connectivity index (χ1) is 15.4. The maximum atomic E-state index is 14.5. The molecule has 0 radical (unpaired) electrons. The lowest BCUT2D eigenvalue weighted by molar-refractivity contribution is 0.311. The molecule has 2 aliphatic rings. The summed E-state index contributed by atoms with van der Waals surface area (Å²) in [5.74, 6) is 2.03. The van der Waals surface area contributed by atoms with E-state index in [2.05, 4.69) is 53.0 Å². The number of anilines is 2. The number of hydrogen-bond acceptors (Lipinski definition) is 9. The summed E-state index contributed by atoms with van der Waals surface area (Å²) < 4.78 is 20.5. The fourth-order valence-corrected chi connectivity index (χ4v) is 3.85. The minimum Gasteiger partial charge on any atom is -0.424 e. The van der Waals surface area contributed by atoms with Crippen molar-refractivity contribution in [1.29, 1.82) is 0 Å². The Kier molecular flexibility index (Phi) is 5.27. The van der Waals surface area contributed by atoms with E-state index >= 15 is 0 Å². The normalized spacial score (nSPS) is 19.2. The van der Waals surface area contributed by atoms with Crippen molar-refractivity contribution < 1.29 is 9.13 Å². The molecule has 11 heteroatoms.